The van der Waals surface area contributed by atoms with Gasteiger partial charge in [0.2, 0.25) is 5.82 Å². The Bertz CT molecular complexity index is 784. The standard InChI is InChI=1S/C12H10N4O4.H2O/c17-4-5-19-8-2-1-3-9-11(8)7(18)6-10(20-9)12-13-15-16-14-12;/h1-3,6,17H,4-5H2,(H,13,14,15,16);1H2. The minimum Gasteiger partial charge on any atom is -0.490 e. The lowest BCUT2D eigenvalue weighted by Gasteiger charge is -2.07. The van der Waals surface area contributed by atoms with Gasteiger partial charge in [0, 0.05) is 6.07 Å². The Labute approximate surface area is 117 Å². The van der Waals surface area contributed by atoms with Crippen molar-refractivity contribution in [2.24, 2.45) is 0 Å². The Hall–Kier alpha value is -2.78. The summed E-state index contributed by atoms with van der Waals surface area (Å²) in [6.07, 6.45) is 0. The van der Waals surface area contributed by atoms with Crippen LogP contribution in [-0.2, 0) is 0 Å². The van der Waals surface area contributed by atoms with Crippen molar-refractivity contribution >= 4 is 11.0 Å². The van der Waals surface area contributed by atoms with E-state index in [1.54, 1.807) is 18.2 Å². The lowest BCUT2D eigenvalue weighted by Crippen LogP contribution is -2.07. The molecule has 3 aromatic rings. The summed E-state index contributed by atoms with van der Waals surface area (Å²) < 4.78 is 10.9. The second kappa shape index (κ2) is 6.11. The van der Waals surface area contributed by atoms with Crippen molar-refractivity contribution in [3.8, 4) is 17.3 Å². The first-order valence-electron chi connectivity index (χ1n) is 5.84. The summed E-state index contributed by atoms with van der Waals surface area (Å²) >= 11 is 0. The van der Waals surface area contributed by atoms with Gasteiger partial charge in [-0.05, 0) is 17.3 Å². The molecule has 0 saturated heterocycles. The molecule has 0 saturated carbocycles. The zero-order chi connectivity index (χ0) is 13.9. The first kappa shape index (κ1) is 14.6. The van der Waals surface area contributed by atoms with Crippen LogP contribution in [0.3, 0.4) is 0 Å². The third-order valence-corrected chi connectivity index (χ3v) is 2.63. The molecule has 2 heterocycles. The fraction of sp³-hybridized carbons (Fsp3) is 0.167. The fourth-order valence-corrected chi connectivity index (χ4v) is 1.83. The van der Waals surface area contributed by atoms with Crippen molar-refractivity contribution in [1.29, 1.82) is 0 Å². The number of aromatic nitrogens is 4. The molecule has 4 N–H and O–H groups in total. The number of ether oxygens (including phenoxy) is 1. The Morgan fingerprint density at radius 2 is 2.24 bits per heavy atom. The van der Waals surface area contributed by atoms with Crippen molar-refractivity contribution in [2.45, 2.75) is 0 Å². The van der Waals surface area contributed by atoms with Gasteiger partial charge >= 0.3 is 0 Å². The van der Waals surface area contributed by atoms with E-state index < -0.39 is 0 Å². The van der Waals surface area contributed by atoms with Gasteiger partial charge in [0.15, 0.2) is 11.2 Å². The highest BCUT2D eigenvalue weighted by Crippen LogP contribution is 2.25. The van der Waals surface area contributed by atoms with Gasteiger partial charge in [-0.2, -0.15) is 5.21 Å². The Balaban J connectivity index is 0.00000161. The SMILES string of the molecule is O.O=c1cc(-c2nn[nH]n2)oc2cccc(OCCO)c12. The topological polar surface area (TPSA) is 146 Å². The van der Waals surface area contributed by atoms with E-state index in [1.807, 2.05) is 0 Å². The molecule has 1 aromatic carbocycles. The van der Waals surface area contributed by atoms with E-state index in [-0.39, 0.29) is 35.7 Å². The molecular weight excluding hydrogens is 280 g/mol. The Morgan fingerprint density at radius 1 is 1.38 bits per heavy atom. The number of benzene rings is 1. The largest absolute Gasteiger partial charge is 0.490 e. The van der Waals surface area contributed by atoms with Crippen LogP contribution < -0.4 is 10.2 Å². The maximum Gasteiger partial charge on any atom is 0.239 e. The van der Waals surface area contributed by atoms with Crippen LogP contribution in [0.4, 0.5) is 0 Å². The number of nitrogens with one attached hydrogen (secondary N) is 1. The summed E-state index contributed by atoms with van der Waals surface area (Å²) in [5.74, 6) is 0.784. The first-order chi connectivity index (χ1) is 9.79. The van der Waals surface area contributed by atoms with E-state index in [2.05, 4.69) is 20.6 Å². The number of fused-ring (bicyclic) bond motifs is 1. The number of hydrogen-bond acceptors (Lipinski definition) is 7. The number of rotatable bonds is 4. The lowest BCUT2D eigenvalue weighted by atomic mass is 10.2. The molecule has 0 unspecified atom stereocenters. The lowest BCUT2D eigenvalue weighted by molar-refractivity contribution is 0.202. The van der Waals surface area contributed by atoms with Crippen LogP contribution in [-0.4, -0.2) is 44.4 Å². The third kappa shape index (κ3) is 2.73. The predicted octanol–water partition coefficient (Wildman–Crippen LogP) is -0.481. The van der Waals surface area contributed by atoms with Gasteiger partial charge in [-0.15, -0.1) is 10.2 Å². The summed E-state index contributed by atoms with van der Waals surface area (Å²) in [5, 5.41) is 22.3. The number of H-pyrrole nitrogens is 1. The van der Waals surface area contributed by atoms with Crippen LogP contribution in [0.5, 0.6) is 5.75 Å². The molecule has 0 aliphatic carbocycles. The predicted molar refractivity (Wildman–Crippen MR) is 71.9 cm³/mol. The average molecular weight is 292 g/mol. The number of tetrazole rings is 1. The van der Waals surface area contributed by atoms with E-state index in [9.17, 15) is 4.79 Å². The second-order valence-corrected chi connectivity index (χ2v) is 3.91. The van der Waals surface area contributed by atoms with Gasteiger partial charge < -0.3 is 19.7 Å². The monoisotopic (exact) mass is 292 g/mol. The number of aromatic amines is 1. The van der Waals surface area contributed by atoms with E-state index in [0.717, 1.165) is 0 Å². The smallest absolute Gasteiger partial charge is 0.239 e. The molecule has 0 atom stereocenters. The van der Waals surface area contributed by atoms with E-state index >= 15 is 0 Å². The van der Waals surface area contributed by atoms with E-state index in [1.165, 1.54) is 6.07 Å². The minimum atomic E-state index is -0.278. The fourth-order valence-electron chi connectivity index (χ4n) is 1.83. The highest BCUT2D eigenvalue weighted by Gasteiger charge is 2.13. The molecule has 0 radical (unpaired) electrons. The van der Waals surface area contributed by atoms with Gasteiger partial charge in [-0.25, -0.2) is 0 Å². The van der Waals surface area contributed by atoms with Crippen molar-refractivity contribution in [3.63, 3.8) is 0 Å². The molecule has 21 heavy (non-hydrogen) atoms. The second-order valence-electron chi connectivity index (χ2n) is 3.91. The van der Waals surface area contributed by atoms with Crippen LogP contribution in [0, 0.1) is 0 Å². The molecule has 0 aliphatic rings. The molecule has 9 nitrogen and oxygen atoms in total. The summed E-state index contributed by atoms with van der Waals surface area (Å²) in [6.45, 7) is -0.0339. The third-order valence-electron chi connectivity index (χ3n) is 2.63. The van der Waals surface area contributed by atoms with Crippen LogP contribution in [0.2, 0.25) is 0 Å². The molecule has 2 aromatic heterocycles. The van der Waals surface area contributed by atoms with Gasteiger partial charge in [0.1, 0.15) is 23.3 Å². The number of aliphatic hydroxyl groups excluding tert-OH is 1. The van der Waals surface area contributed by atoms with Crippen LogP contribution >= 0.6 is 0 Å². The van der Waals surface area contributed by atoms with Crippen LogP contribution in [0.1, 0.15) is 0 Å². The molecule has 110 valence electrons. The first-order valence-corrected chi connectivity index (χ1v) is 5.84. The summed E-state index contributed by atoms with van der Waals surface area (Å²) in [6, 6.07) is 6.26. The van der Waals surface area contributed by atoms with Gasteiger partial charge in [0.05, 0.1) is 6.61 Å². The van der Waals surface area contributed by atoms with E-state index in [0.29, 0.717) is 16.7 Å². The highest BCUT2D eigenvalue weighted by molar-refractivity contribution is 5.84. The molecule has 0 aliphatic heterocycles. The van der Waals surface area contributed by atoms with Crippen molar-refractivity contribution in [1.82, 2.24) is 20.6 Å². The number of aliphatic hydroxyl groups is 1. The van der Waals surface area contributed by atoms with Crippen molar-refractivity contribution < 1.29 is 19.7 Å². The normalized spacial score (nSPS) is 10.3. The molecular formula is C12H12N4O5. The van der Waals surface area contributed by atoms with Crippen molar-refractivity contribution in [2.75, 3.05) is 13.2 Å². The van der Waals surface area contributed by atoms with Gasteiger partial charge in [-0.1, -0.05) is 6.07 Å². The summed E-state index contributed by atoms with van der Waals surface area (Å²) in [4.78, 5) is 12.2. The quantitative estimate of drug-likeness (QED) is 0.660. The summed E-state index contributed by atoms with van der Waals surface area (Å²) in [5.41, 5.74) is 0.0762. The van der Waals surface area contributed by atoms with Gasteiger partial charge in [-0.3, -0.25) is 4.79 Å². The molecule has 0 amide bonds. The van der Waals surface area contributed by atoms with Crippen LogP contribution in [0.15, 0.2) is 33.5 Å². The Morgan fingerprint density at radius 3 is 2.95 bits per heavy atom. The molecule has 0 bridgehead atoms. The average Bonchev–Trinajstić information content (AvgIpc) is 2.98. The maximum absolute atomic E-state index is 12.2. The van der Waals surface area contributed by atoms with E-state index in [4.69, 9.17) is 14.3 Å². The number of nitrogens with zero attached hydrogens (tertiary/aromatic N) is 3. The van der Waals surface area contributed by atoms with Crippen molar-refractivity contribution in [3.05, 3.63) is 34.5 Å². The maximum atomic E-state index is 12.2. The molecule has 3 rings (SSSR count). The highest BCUT2D eigenvalue weighted by atomic mass is 16.5. The minimum absolute atomic E-state index is 0. The Kier molecular flexibility index (Phi) is 4.26. The molecule has 9 heteroatoms. The number of hydrogen-bond donors (Lipinski definition) is 2. The zero-order valence-electron chi connectivity index (χ0n) is 10.7. The zero-order valence-corrected chi connectivity index (χ0v) is 10.7. The van der Waals surface area contributed by atoms with Crippen LogP contribution in [0.25, 0.3) is 22.6 Å². The molecule has 0 fully saturated rings. The van der Waals surface area contributed by atoms with Gasteiger partial charge in [0.25, 0.3) is 0 Å². The summed E-state index contributed by atoms with van der Waals surface area (Å²) in [7, 11) is 0. The molecule has 0 spiro atoms.